The van der Waals surface area contributed by atoms with E-state index in [2.05, 4.69) is 5.32 Å². The molecule has 1 saturated heterocycles. The number of halogens is 2. The average molecular weight is 313 g/mol. The van der Waals surface area contributed by atoms with Gasteiger partial charge in [-0.3, -0.25) is 0 Å². The fourth-order valence-corrected chi connectivity index (χ4v) is 3.67. The molecule has 3 N–H and O–H groups in total. The molecular formula is C16H21F2NO3. The number of aliphatic hydroxyl groups excluding tert-OH is 2. The summed E-state index contributed by atoms with van der Waals surface area (Å²) in [5.74, 6) is -1.49. The number of nitrogens with one attached hydrogen (secondary N) is 1. The second-order valence-corrected chi connectivity index (χ2v) is 6.21. The fourth-order valence-electron chi connectivity index (χ4n) is 3.67. The minimum absolute atomic E-state index is 0.0379. The summed E-state index contributed by atoms with van der Waals surface area (Å²) in [5.41, 5.74) is -0.540. The molecular weight excluding hydrogens is 292 g/mol. The molecule has 2 aliphatic rings. The van der Waals surface area contributed by atoms with Gasteiger partial charge in [0.2, 0.25) is 0 Å². The molecule has 2 fully saturated rings. The Morgan fingerprint density at radius 2 is 1.91 bits per heavy atom. The van der Waals surface area contributed by atoms with E-state index in [4.69, 9.17) is 4.74 Å². The number of hydrogen-bond acceptors (Lipinski definition) is 4. The highest BCUT2D eigenvalue weighted by Gasteiger charge is 2.54. The van der Waals surface area contributed by atoms with Crippen molar-refractivity contribution in [2.45, 2.75) is 37.5 Å². The van der Waals surface area contributed by atoms with Crippen LogP contribution in [0.1, 0.15) is 30.9 Å². The molecule has 0 aromatic heterocycles. The van der Waals surface area contributed by atoms with Crippen LogP contribution in [0, 0.1) is 17.0 Å². The normalized spacial score (nSPS) is 28.4. The van der Waals surface area contributed by atoms with Crippen LogP contribution in [0.25, 0.3) is 0 Å². The minimum Gasteiger partial charge on any atom is -0.392 e. The van der Waals surface area contributed by atoms with Gasteiger partial charge in [0, 0.05) is 31.2 Å². The molecule has 0 bridgehead atoms. The van der Waals surface area contributed by atoms with E-state index in [1.165, 1.54) is 6.07 Å². The van der Waals surface area contributed by atoms with Crippen molar-refractivity contribution in [3.05, 3.63) is 35.4 Å². The Hall–Kier alpha value is -1.08. The highest BCUT2D eigenvalue weighted by molar-refractivity contribution is 5.22. The van der Waals surface area contributed by atoms with Gasteiger partial charge in [-0.1, -0.05) is 6.07 Å². The Morgan fingerprint density at radius 3 is 2.50 bits per heavy atom. The molecule has 1 unspecified atom stereocenters. The van der Waals surface area contributed by atoms with Crippen molar-refractivity contribution >= 4 is 0 Å². The van der Waals surface area contributed by atoms with Gasteiger partial charge < -0.3 is 20.3 Å². The lowest BCUT2D eigenvalue weighted by atomic mass is 9.58. The van der Waals surface area contributed by atoms with E-state index in [1.807, 2.05) is 0 Å². The minimum atomic E-state index is -1.25. The van der Waals surface area contributed by atoms with E-state index in [0.29, 0.717) is 19.6 Å². The predicted octanol–water partition coefficient (Wildman–Crippen LogP) is 1.52. The zero-order chi connectivity index (χ0) is 15.7. The van der Waals surface area contributed by atoms with Crippen molar-refractivity contribution in [1.29, 1.82) is 0 Å². The molecule has 1 heterocycles. The van der Waals surface area contributed by atoms with E-state index in [-0.39, 0.29) is 29.7 Å². The van der Waals surface area contributed by atoms with E-state index in [9.17, 15) is 19.0 Å². The molecule has 3 atom stereocenters. The predicted molar refractivity (Wildman–Crippen MR) is 76.2 cm³/mol. The van der Waals surface area contributed by atoms with Gasteiger partial charge in [0.05, 0.1) is 17.8 Å². The lowest BCUT2D eigenvalue weighted by Crippen LogP contribution is -2.65. The topological polar surface area (TPSA) is 61.7 Å². The lowest BCUT2D eigenvalue weighted by Gasteiger charge is -2.56. The van der Waals surface area contributed by atoms with Gasteiger partial charge in [-0.05, 0) is 31.4 Å². The second kappa shape index (κ2) is 6.20. The Morgan fingerprint density at radius 1 is 1.27 bits per heavy atom. The van der Waals surface area contributed by atoms with Gasteiger partial charge in [0.15, 0.2) is 0 Å². The van der Waals surface area contributed by atoms with Crippen LogP contribution in [0.5, 0.6) is 0 Å². The number of rotatable bonds is 4. The first-order valence-electron chi connectivity index (χ1n) is 7.66. The molecule has 1 saturated carbocycles. The summed E-state index contributed by atoms with van der Waals surface area (Å²) in [6.45, 7) is 1.28. The Balaban J connectivity index is 1.63. The monoisotopic (exact) mass is 313 g/mol. The van der Waals surface area contributed by atoms with Gasteiger partial charge in [-0.2, -0.15) is 0 Å². The van der Waals surface area contributed by atoms with Crippen LogP contribution in [-0.4, -0.2) is 42.1 Å². The fraction of sp³-hybridized carbons (Fsp3) is 0.625. The third-order valence-corrected chi connectivity index (χ3v) is 5.13. The van der Waals surface area contributed by atoms with Gasteiger partial charge in [-0.15, -0.1) is 0 Å². The Labute approximate surface area is 128 Å². The van der Waals surface area contributed by atoms with Crippen molar-refractivity contribution in [3.8, 4) is 0 Å². The van der Waals surface area contributed by atoms with Crippen molar-refractivity contribution in [2.24, 2.45) is 5.41 Å². The summed E-state index contributed by atoms with van der Waals surface area (Å²) < 4.78 is 32.6. The van der Waals surface area contributed by atoms with E-state index >= 15 is 0 Å². The number of hydrogen-bond donors (Lipinski definition) is 3. The van der Waals surface area contributed by atoms with Crippen LogP contribution < -0.4 is 5.32 Å². The van der Waals surface area contributed by atoms with Gasteiger partial charge >= 0.3 is 0 Å². The summed E-state index contributed by atoms with van der Waals surface area (Å²) in [5, 5.41) is 23.3. The van der Waals surface area contributed by atoms with E-state index in [0.717, 1.165) is 25.0 Å². The zero-order valence-electron chi connectivity index (χ0n) is 12.3. The zero-order valence-corrected chi connectivity index (χ0v) is 12.3. The molecule has 1 aromatic carbocycles. The number of ether oxygens (including phenoxy) is 1. The largest absolute Gasteiger partial charge is 0.392 e. The molecule has 6 heteroatoms. The van der Waals surface area contributed by atoms with Crippen molar-refractivity contribution < 1.29 is 23.7 Å². The van der Waals surface area contributed by atoms with Crippen molar-refractivity contribution in [1.82, 2.24) is 5.32 Å². The second-order valence-electron chi connectivity index (χ2n) is 6.21. The molecule has 1 aliphatic carbocycles. The summed E-state index contributed by atoms with van der Waals surface area (Å²) in [6, 6.07) is 3.58. The summed E-state index contributed by atoms with van der Waals surface area (Å²) in [4.78, 5) is 0. The molecule has 1 aliphatic heterocycles. The average Bonchev–Trinajstić information content (AvgIpc) is 2.52. The van der Waals surface area contributed by atoms with Crippen molar-refractivity contribution in [3.63, 3.8) is 0 Å². The van der Waals surface area contributed by atoms with E-state index < -0.39 is 17.7 Å². The molecule has 4 nitrogen and oxygen atoms in total. The van der Waals surface area contributed by atoms with Crippen LogP contribution in [0.15, 0.2) is 18.2 Å². The summed E-state index contributed by atoms with van der Waals surface area (Å²) in [6.07, 6.45) is 0.477. The molecule has 22 heavy (non-hydrogen) atoms. The SMILES string of the molecule is OC(CN[C@@H]1C[C@@H](O)C12CCOCC2)c1c(F)cccc1F. The lowest BCUT2D eigenvalue weighted by molar-refractivity contribution is -0.149. The van der Waals surface area contributed by atoms with Crippen LogP contribution in [0.2, 0.25) is 0 Å². The number of aliphatic hydroxyl groups is 2. The molecule has 3 rings (SSSR count). The maximum Gasteiger partial charge on any atom is 0.131 e. The standard InChI is InChI=1S/C16H21F2NO3/c17-10-2-1-3-11(18)15(10)12(20)9-19-13-8-14(21)16(13)4-6-22-7-5-16/h1-3,12-14,19-21H,4-9H2/t12?,13-,14-/m1/s1. The van der Waals surface area contributed by atoms with Gasteiger partial charge in [-0.25, -0.2) is 8.78 Å². The first-order chi connectivity index (χ1) is 10.5. The third kappa shape index (κ3) is 2.65. The van der Waals surface area contributed by atoms with Crippen LogP contribution in [0.3, 0.4) is 0 Å². The third-order valence-electron chi connectivity index (χ3n) is 5.13. The first-order valence-corrected chi connectivity index (χ1v) is 7.66. The molecule has 0 amide bonds. The summed E-state index contributed by atoms with van der Waals surface area (Å²) in [7, 11) is 0. The maximum atomic E-state index is 13.6. The Bertz CT molecular complexity index is 514. The highest BCUT2D eigenvalue weighted by atomic mass is 19.1. The maximum absolute atomic E-state index is 13.6. The molecule has 122 valence electrons. The van der Waals surface area contributed by atoms with Crippen LogP contribution >= 0.6 is 0 Å². The van der Waals surface area contributed by atoms with Crippen molar-refractivity contribution in [2.75, 3.05) is 19.8 Å². The molecule has 0 radical (unpaired) electrons. The number of benzene rings is 1. The summed E-state index contributed by atoms with van der Waals surface area (Å²) >= 11 is 0. The first kappa shape index (κ1) is 15.8. The quantitative estimate of drug-likeness (QED) is 0.789. The van der Waals surface area contributed by atoms with Crippen LogP contribution in [0.4, 0.5) is 8.78 Å². The highest BCUT2D eigenvalue weighted by Crippen LogP contribution is 2.49. The smallest absolute Gasteiger partial charge is 0.131 e. The van der Waals surface area contributed by atoms with Crippen LogP contribution in [-0.2, 0) is 4.74 Å². The van der Waals surface area contributed by atoms with E-state index in [1.54, 1.807) is 0 Å². The molecule has 1 spiro atoms. The van der Waals surface area contributed by atoms with Gasteiger partial charge in [0.25, 0.3) is 0 Å². The Kier molecular flexibility index (Phi) is 4.45. The molecule has 1 aromatic rings. The van der Waals surface area contributed by atoms with Gasteiger partial charge in [0.1, 0.15) is 11.6 Å².